The lowest BCUT2D eigenvalue weighted by atomic mass is 10.0. The maximum atomic E-state index is 13.1. The third-order valence-corrected chi connectivity index (χ3v) is 11.4. The van der Waals surface area contributed by atoms with E-state index in [1.54, 1.807) is 13.8 Å². The van der Waals surface area contributed by atoms with Crippen LogP contribution in [0.5, 0.6) is 0 Å². The summed E-state index contributed by atoms with van der Waals surface area (Å²) in [6.07, 6.45) is 1.67. The van der Waals surface area contributed by atoms with Gasteiger partial charge < -0.3 is 4.42 Å². The number of nitrogens with zero attached hydrogens (tertiary/aromatic N) is 3. The molecule has 3 heterocycles. The lowest BCUT2D eigenvalue weighted by Gasteiger charge is -2.32. The first-order chi connectivity index (χ1) is 16.5. The standard InChI is InChI=1S/C21H23ClN4O6S3/c1-13(2)34(28,29)15-8-6-14(7-9-15)20-24-25-21(32-20)23-19(27)16-5-3-4-12-26(16)35(30,31)18-11-10-17(22)33-18/h6-11,13,16H,3-5,12H2,1-2H3,(H,23,25,27). The summed E-state index contributed by atoms with van der Waals surface area (Å²) in [4.78, 5) is 13.2. The van der Waals surface area contributed by atoms with Gasteiger partial charge in [-0.1, -0.05) is 23.1 Å². The molecule has 14 heteroatoms. The second kappa shape index (κ2) is 9.97. The van der Waals surface area contributed by atoms with Crippen LogP contribution < -0.4 is 5.32 Å². The molecule has 1 unspecified atom stereocenters. The van der Waals surface area contributed by atoms with Crippen LogP contribution in [-0.2, 0) is 24.7 Å². The van der Waals surface area contributed by atoms with Crippen LogP contribution in [0.4, 0.5) is 6.01 Å². The van der Waals surface area contributed by atoms with Crippen molar-refractivity contribution >= 4 is 54.7 Å². The first kappa shape index (κ1) is 25.8. The SMILES string of the molecule is CC(C)S(=O)(=O)c1ccc(-c2nnc(NC(=O)C3CCCCN3S(=O)(=O)c3ccc(Cl)s3)o2)cc1. The van der Waals surface area contributed by atoms with Crippen LogP contribution in [0.3, 0.4) is 0 Å². The number of aromatic nitrogens is 2. The van der Waals surface area contributed by atoms with Gasteiger partial charge in [-0.05, 0) is 63.1 Å². The van der Waals surface area contributed by atoms with Crippen molar-refractivity contribution in [2.45, 2.75) is 53.5 Å². The van der Waals surface area contributed by atoms with Gasteiger partial charge in [-0.2, -0.15) is 4.31 Å². The first-order valence-electron chi connectivity index (χ1n) is 10.8. The minimum Gasteiger partial charge on any atom is -0.403 e. The summed E-state index contributed by atoms with van der Waals surface area (Å²) in [6.45, 7) is 3.41. The quantitative estimate of drug-likeness (QED) is 0.461. The summed E-state index contributed by atoms with van der Waals surface area (Å²) in [5, 5.41) is 9.68. The molecule has 0 bridgehead atoms. The normalized spacial score (nSPS) is 17.5. The van der Waals surface area contributed by atoms with Crippen molar-refractivity contribution in [3.05, 3.63) is 40.7 Å². The number of carbonyl (C=O) groups excluding carboxylic acids is 1. The topological polar surface area (TPSA) is 140 Å². The predicted molar refractivity (Wildman–Crippen MR) is 132 cm³/mol. The molecular formula is C21H23ClN4O6S3. The van der Waals surface area contributed by atoms with E-state index in [0.29, 0.717) is 29.2 Å². The van der Waals surface area contributed by atoms with E-state index in [2.05, 4.69) is 15.5 Å². The number of benzene rings is 1. The van der Waals surface area contributed by atoms with Crippen LogP contribution in [0.2, 0.25) is 4.34 Å². The number of sulfone groups is 1. The number of halogens is 1. The van der Waals surface area contributed by atoms with E-state index in [-0.39, 0.29) is 27.6 Å². The molecule has 0 saturated carbocycles. The summed E-state index contributed by atoms with van der Waals surface area (Å²) in [5.41, 5.74) is 0.470. The molecule has 1 aliphatic heterocycles. The van der Waals surface area contributed by atoms with Gasteiger partial charge in [-0.3, -0.25) is 10.1 Å². The van der Waals surface area contributed by atoms with Crippen LogP contribution >= 0.6 is 22.9 Å². The van der Waals surface area contributed by atoms with Crippen molar-refractivity contribution in [3.8, 4) is 11.5 Å². The number of hydrogen-bond acceptors (Lipinski definition) is 9. The molecule has 0 radical (unpaired) electrons. The summed E-state index contributed by atoms with van der Waals surface area (Å²) < 4.78 is 57.9. The summed E-state index contributed by atoms with van der Waals surface area (Å²) in [5.74, 6) is -0.500. The third kappa shape index (κ3) is 5.28. The number of rotatable bonds is 7. The zero-order chi connectivity index (χ0) is 25.4. The predicted octanol–water partition coefficient (Wildman–Crippen LogP) is 3.82. The number of amides is 1. The highest BCUT2D eigenvalue weighted by Crippen LogP contribution is 2.32. The Kier molecular flexibility index (Phi) is 7.34. The monoisotopic (exact) mass is 558 g/mol. The fraction of sp³-hybridized carbons (Fsp3) is 0.381. The first-order valence-corrected chi connectivity index (χ1v) is 14.9. The van der Waals surface area contributed by atoms with Crippen molar-refractivity contribution in [1.29, 1.82) is 0 Å². The average Bonchev–Trinajstić information content (AvgIpc) is 3.48. The Morgan fingerprint density at radius 2 is 1.83 bits per heavy atom. The minimum atomic E-state index is -3.90. The lowest BCUT2D eigenvalue weighted by molar-refractivity contribution is -0.120. The number of sulfonamides is 1. The summed E-state index contributed by atoms with van der Waals surface area (Å²) in [6, 6.07) is 7.78. The van der Waals surface area contributed by atoms with Crippen molar-refractivity contribution in [1.82, 2.24) is 14.5 Å². The molecule has 188 valence electrons. The largest absolute Gasteiger partial charge is 0.403 e. The molecular weight excluding hydrogens is 536 g/mol. The van der Waals surface area contributed by atoms with Gasteiger partial charge in [-0.25, -0.2) is 16.8 Å². The number of thiophene rings is 1. The molecule has 1 N–H and O–H groups in total. The highest BCUT2D eigenvalue weighted by molar-refractivity contribution is 7.92. The highest BCUT2D eigenvalue weighted by Gasteiger charge is 2.38. The van der Waals surface area contributed by atoms with Gasteiger partial charge in [0, 0.05) is 12.1 Å². The Labute approximate surface area is 212 Å². The molecule has 1 atom stereocenters. The molecule has 3 aromatic rings. The van der Waals surface area contributed by atoms with Gasteiger partial charge >= 0.3 is 6.01 Å². The maximum Gasteiger partial charge on any atom is 0.322 e. The zero-order valence-corrected chi connectivity index (χ0v) is 22.0. The van der Waals surface area contributed by atoms with E-state index in [9.17, 15) is 21.6 Å². The van der Waals surface area contributed by atoms with Gasteiger partial charge in [0.2, 0.25) is 11.8 Å². The van der Waals surface area contributed by atoms with Gasteiger partial charge in [0.15, 0.2) is 9.84 Å². The molecule has 10 nitrogen and oxygen atoms in total. The number of hydrogen-bond donors (Lipinski definition) is 1. The van der Waals surface area contributed by atoms with E-state index in [1.807, 2.05) is 0 Å². The molecule has 1 amide bonds. The molecule has 1 aliphatic rings. The molecule has 1 aromatic carbocycles. The number of carbonyl (C=O) groups is 1. The van der Waals surface area contributed by atoms with E-state index in [0.717, 1.165) is 11.3 Å². The van der Waals surface area contributed by atoms with Crippen molar-refractivity contribution in [2.24, 2.45) is 0 Å². The van der Waals surface area contributed by atoms with E-state index in [4.69, 9.17) is 16.0 Å². The Bertz CT molecular complexity index is 1430. The maximum absolute atomic E-state index is 13.1. The van der Waals surface area contributed by atoms with Crippen LogP contribution in [0.1, 0.15) is 33.1 Å². The lowest BCUT2D eigenvalue weighted by Crippen LogP contribution is -2.49. The van der Waals surface area contributed by atoms with Crippen LogP contribution in [0, 0.1) is 0 Å². The smallest absolute Gasteiger partial charge is 0.322 e. The van der Waals surface area contributed by atoms with Crippen molar-refractivity contribution in [3.63, 3.8) is 0 Å². The zero-order valence-electron chi connectivity index (χ0n) is 18.8. The Morgan fingerprint density at radius 3 is 2.46 bits per heavy atom. The molecule has 35 heavy (non-hydrogen) atoms. The molecule has 0 spiro atoms. The molecule has 4 rings (SSSR count). The highest BCUT2D eigenvalue weighted by atomic mass is 35.5. The fourth-order valence-electron chi connectivity index (χ4n) is 3.65. The van der Waals surface area contributed by atoms with Crippen LogP contribution in [0.15, 0.2) is 49.9 Å². The Morgan fingerprint density at radius 1 is 1.11 bits per heavy atom. The Balaban J connectivity index is 1.50. The van der Waals surface area contributed by atoms with Crippen molar-refractivity contribution in [2.75, 3.05) is 11.9 Å². The molecule has 0 aliphatic carbocycles. The second-order valence-corrected chi connectivity index (χ2v) is 14.5. The molecule has 1 fully saturated rings. The van der Waals surface area contributed by atoms with Crippen LogP contribution in [-0.4, -0.2) is 55.1 Å². The van der Waals surface area contributed by atoms with E-state index < -0.39 is 37.1 Å². The van der Waals surface area contributed by atoms with Gasteiger partial charge in [0.25, 0.3) is 10.0 Å². The molecule has 2 aromatic heterocycles. The van der Waals surface area contributed by atoms with E-state index in [1.165, 1.54) is 40.7 Å². The van der Waals surface area contributed by atoms with E-state index >= 15 is 0 Å². The van der Waals surface area contributed by atoms with Gasteiger partial charge in [0.05, 0.1) is 14.5 Å². The third-order valence-electron chi connectivity index (χ3n) is 5.57. The summed E-state index contributed by atoms with van der Waals surface area (Å²) >= 11 is 6.84. The fourth-order valence-corrected chi connectivity index (χ4v) is 7.97. The average molecular weight is 559 g/mol. The second-order valence-electron chi connectivity index (χ2n) is 8.21. The summed E-state index contributed by atoms with van der Waals surface area (Å²) in [7, 11) is -7.32. The molecule has 1 saturated heterocycles. The Hall–Kier alpha value is -2.32. The van der Waals surface area contributed by atoms with Gasteiger partial charge in [0.1, 0.15) is 10.3 Å². The number of anilines is 1. The number of nitrogens with one attached hydrogen (secondary N) is 1. The van der Waals surface area contributed by atoms with Crippen molar-refractivity contribution < 1.29 is 26.0 Å². The van der Waals surface area contributed by atoms with Gasteiger partial charge in [-0.15, -0.1) is 16.4 Å². The number of piperidine rings is 1. The minimum absolute atomic E-state index is 0.0743. The van der Waals surface area contributed by atoms with Crippen LogP contribution in [0.25, 0.3) is 11.5 Å².